The van der Waals surface area contributed by atoms with Crippen LogP contribution in [0.4, 0.5) is 0 Å². The summed E-state index contributed by atoms with van der Waals surface area (Å²) in [5.41, 5.74) is 1.93. The van der Waals surface area contributed by atoms with Crippen LogP contribution in [0, 0.1) is 17.2 Å². The van der Waals surface area contributed by atoms with Gasteiger partial charge in [0.05, 0.1) is 24.3 Å². The van der Waals surface area contributed by atoms with Crippen LogP contribution in [0.25, 0.3) is 0 Å². The van der Waals surface area contributed by atoms with Gasteiger partial charge in [0, 0.05) is 0 Å². The average Bonchev–Trinajstić information content (AvgIpc) is 2.46. The Kier molecular flexibility index (Phi) is 4.78. The highest BCUT2D eigenvalue weighted by atomic mass is 16.5. The van der Waals surface area contributed by atoms with Crippen molar-refractivity contribution < 1.29 is 4.74 Å². The molecule has 1 aliphatic rings. The summed E-state index contributed by atoms with van der Waals surface area (Å²) < 4.78 is 5.96. The first-order valence-corrected chi connectivity index (χ1v) is 6.95. The highest BCUT2D eigenvalue weighted by Gasteiger charge is 2.22. The summed E-state index contributed by atoms with van der Waals surface area (Å²) in [6, 6.07) is 9.95. The van der Waals surface area contributed by atoms with Gasteiger partial charge >= 0.3 is 0 Å². The monoisotopic (exact) mass is 243 g/mol. The van der Waals surface area contributed by atoms with Crippen LogP contribution in [-0.2, 0) is 4.74 Å². The SMILES string of the molecule is CCCCC1CCC(c2ccc(C#N)cc2)OC1. The lowest BCUT2D eigenvalue weighted by atomic mass is 9.91. The second kappa shape index (κ2) is 6.56. The van der Waals surface area contributed by atoms with Gasteiger partial charge in [0.25, 0.3) is 0 Å². The van der Waals surface area contributed by atoms with Crippen molar-refractivity contribution in [3.63, 3.8) is 0 Å². The molecular formula is C16H21NO. The molecule has 0 N–H and O–H groups in total. The topological polar surface area (TPSA) is 33.0 Å². The minimum atomic E-state index is 0.232. The van der Waals surface area contributed by atoms with E-state index < -0.39 is 0 Å². The summed E-state index contributed by atoms with van der Waals surface area (Å²) in [6.07, 6.45) is 6.50. The van der Waals surface area contributed by atoms with Crippen molar-refractivity contribution in [2.45, 2.75) is 45.1 Å². The number of nitrogens with zero attached hydrogens (tertiary/aromatic N) is 1. The summed E-state index contributed by atoms with van der Waals surface area (Å²) in [7, 11) is 0. The zero-order valence-electron chi connectivity index (χ0n) is 11.1. The van der Waals surface area contributed by atoms with Crippen molar-refractivity contribution in [3.8, 4) is 6.07 Å². The molecule has 0 amide bonds. The largest absolute Gasteiger partial charge is 0.373 e. The van der Waals surface area contributed by atoms with E-state index in [4.69, 9.17) is 10.00 Å². The number of ether oxygens (including phenoxy) is 1. The molecule has 1 aliphatic heterocycles. The number of unbranched alkanes of at least 4 members (excludes halogenated alkanes) is 1. The first-order valence-electron chi connectivity index (χ1n) is 6.95. The molecule has 0 aliphatic carbocycles. The normalized spacial score (nSPS) is 23.6. The molecule has 2 atom stereocenters. The van der Waals surface area contributed by atoms with Gasteiger partial charge in [0.2, 0.25) is 0 Å². The van der Waals surface area contributed by atoms with Crippen molar-refractivity contribution in [1.29, 1.82) is 5.26 Å². The second-order valence-corrected chi connectivity index (χ2v) is 5.14. The van der Waals surface area contributed by atoms with Crippen molar-refractivity contribution in [2.75, 3.05) is 6.61 Å². The van der Waals surface area contributed by atoms with E-state index in [0.717, 1.165) is 24.5 Å². The first-order chi connectivity index (χ1) is 8.83. The maximum absolute atomic E-state index is 8.77. The maximum atomic E-state index is 8.77. The predicted molar refractivity (Wildman–Crippen MR) is 72.1 cm³/mol. The third-order valence-electron chi connectivity index (χ3n) is 3.75. The number of benzene rings is 1. The van der Waals surface area contributed by atoms with Gasteiger partial charge in [-0.3, -0.25) is 0 Å². The zero-order valence-corrected chi connectivity index (χ0v) is 11.1. The highest BCUT2D eigenvalue weighted by molar-refractivity contribution is 5.32. The van der Waals surface area contributed by atoms with Crippen LogP contribution in [0.1, 0.15) is 56.3 Å². The summed E-state index contributed by atoms with van der Waals surface area (Å²) in [6.45, 7) is 3.13. The van der Waals surface area contributed by atoms with Crippen LogP contribution in [0.3, 0.4) is 0 Å². The quantitative estimate of drug-likeness (QED) is 0.793. The molecule has 1 heterocycles. The van der Waals surface area contributed by atoms with Crippen LogP contribution in [0.5, 0.6) is 0 Å². The molecule has 0 bridgehead atoms. The van der Waals surface area contributed by atoms with Gasteiger partial charge in [-0.25, -0.2) is 0 Å². The van der Waals surface area contributed by atoms with Crippen molar-refractivity contribution in [1.82, 2.24) is 0 Å². The van der Waals surface area contributed by atoms with Crippen molar-refractivity contribution in [3.05, 3.63) is 35.4 Å². The van der Waals surface area contributed by atoms with Gasteiger partial charge in [-0.1, -0.05) is 31.9 Å². The van der Waals surface area contributed by atoms with Gasteiger partial charge in [-0.2, -0.15) is 5.26 Å². The van der Waals surface area contributed by atoms with E-state index in [1.54, 1.807) is 0 Å². The Morgan fingerprint density at radius 2 is 2.06 bits per heavy atom. The Morgan fingerprint density at radius 1 is 1.28 bits per heavy atom. The molecule has 0 radical (unpaired) electrons. The summed E-state index contributed by atoms with van der Waals surface area (Å²) in [5, 5.41) is 8.77. The van der Waals surface area contributed by atoms with Crippen LogP contribution in [-0.4, -0.2) is 6.61 Å². The molecule has 1 aromatic carbocycles. The Bertz CT molecular complexity index is 396. The smallest absolute Gasteiger partial charge is 0.0991 e. The van der Waals surface area contributed by atoms with Crippen LogP contribution in [0.15, 0.2) is 24.3 Å². The molecule has 2 unspecified atom stereocenters. The summed E-state index contributed by atoms with van der Waals surface area (Å²) in [5.74, 6) is 0.750. The minimum Gasteiger partial charge on any atom is -0.373 e. The molecular weight excluding hydrogens is 222 g/mol. The Morgan fingerprint density at radius 3 is 2.61 bits per heavy atom. The van der Waals surface area contributed by atoms with E-state index in [1.807, 2.05) is 24.3 Å². The van der Waals surface area contributed by atoms with Crippen LogP contribution in [0.2, 0.25) is 0 Å². The van der Waals surface area contributed by atoms with Crippen molar-refractivity contribution in [2.24, 2.45) is 5.92 Å². The van der Waals surface area contributed by atoms with Gasteiger partial charge in [-0.05, 0) is 42.9 Å². The Labute approximate surface area is 110 Å². The molecule has 1 aromatic rings. The third kappa shape index (κ3) is 3.34. The highest BCUT2D eigenvalue weighted by Crippen LogP contribution is 2.32. The molecule has 0 spiro atoms. The standard InChI is InChI=1S/C16H21NO/c1-2-3-4-14-7-10-16(18-12-14)15-8-5-13(11-17)6-9-15/h5-6,8-9,14,16H,2-4,7,10,12H2,1H3. The van der Waals surface area contributed by atoms with E-state index >= 15 is 0 Å². The molecule has 0 aromatic heterocycles. The third-order valence-corrected chi connectivity index (χ3v) is 3.75. The van der Waals surface area contributed by atoms with E-state index in [0.29, 0.717) is 0 Å². The van der Waals surface area contributed by atoms with Crippen LogP contribution < -0.4 is 0 Å². The van der Waals surface area contributed by atoms with Gasteiger partial charge < -0.3 is 4.74 Å². The molecule has 2 rings (SSSR count). The first kappa shape index (κ1) is 13.1. The van der Waals surface area contributed by atoms with Gasteiger partial charge in [-0.15, -0.1) is 0 Å². The summed E-state index contributed by atoms with van der Waals surface area (Å²) in [4.78, 5) is 0. The molecule has 1 fully saturated rings. The summed E-state index contributed by atoms with van der Waals surface area (Å²) >= 11 is 0. The predicted octanol–water partition coefficient (Wildman–Crippen LogP) is 4.22. The fourth-order valence-electron chi connectivity index (χ4n) is 2.56. The molecule has 96 valence electrons. The number of hydrogen-bond donors (Lipinski definition) is 0. The average molecular weight is 243 g/mol. The fourth-order valence-corrected chi connectivity index (χ4v) is 2.56. The zero-order chi connectivity index (χ0) is 12.8. The minimum absolute atomic E-state index is 0.232. The molecule has 0 saturated carbocycles. The lowest BCUT2D eigenvalue weighted by molar-refractivity contribution is -0.0198. The van der Waals surface area contributed by atoms with E-state index in [2.05, 4.69) is 13.0 Å². The molecule has 2 nitrogen and oxygen atoms in total. The lowest BCUT2D eigenvalue weighted by Crippen LogP contribution is -2.20. The molecule has 1 saturated heterocycles. The molecule has 18 heavy (non-hydrogen) atoms. The lowest BCUT2D eigenvalue weighted by Gasteiger charge is -2.29. The van der Waals surface area contributed by atoms with E-state index in [-0.39, 0.29) is 6.10 Å². The van der Waals surface area contributed by atoms with Crippen molar-refractivity contribution >= 4 is 0 Å². The Balaban J connectivity index is 1.87. The number of rotatable bonds is 4. The second-order valence-electron chi connectivity index (χ2n) is 5.14. The fraction of sp³-hybridized carbons (Fsp3) is 0.562. The Hall–Kier alpha value is -1.33. The number of hydrogen-bond acceptors (Lipinski definition) is 2. The maximum Gasteiger partial charge on any atom is 0.0991 e. The van der Waals surface area contributed by atoms with Crippen LogP contribution >= 0.6 is 0 Å². The van der Waals surface area contributed by atoms with Gasteiger partial charge in [0.15, 0.2) is 0 Å². The molecule has 2 heteroatoms. The number of nitriles is 1. The van der Waals surface area contributed by atoms with E-state index in [9.17, 15) is 0 Å². The van der Waals surface area contributed by atoms with Gasteiger partial charge in [0.1, 0.15) is 0 Å². The van der Waals surface area contributed by atoms with E-state index in [1.165, 1.54) is 31.2 Å².